The Bertz CT molecular complexity index is 697. The summed E-state index contributed by atoms with van der Waals surface area (Å²) in [5, 5.41) is 5.05. The van der Waals surface area contributed by atoms with E-state index in [9.17, 15) is 8.42 Å². The zero-order valence-electron chi connectivity index (χ0n) is 10.1. The SMILES string of the molecule is Cn1cncc1COc1ccc(S(N)(=O)=O)cc1Br. The Hall–Kier alpha value is -1.38. The lowest BCUT2D eigenvalue weighted by Crippen LogP contribution is -2.12. The molecule has 0 saturated carbocycles. The molecule has 1 heterocycles. The minimum atomic E-state index is -3.71. The monoisotopic (exact) mass is 345 g/mol. The molecule has 1 aromatic carbocycles. The number of hydrogen-bond donors (Lipinski definition) is 1. The molecule has 8 heteroatoms. The van der Waals surface area contributed by atoms with Crippen molar-refractivity contribution in [3.05, 3.63) is 40.9 Å². The maximum atomic E-state index is 11.2. The highest BCUT2D eigenvalue weighted by molar-refractivity contribution is 9.10. The highest BCUT2D eigenvalue weighted by Crippen LogP contribution is 2.28. The maximum absolute atomic E-state index is 11.2. The molecule has 2 aromatic rings. The van der Waals surface area contributed by atoms with Crippen molar-refractivity contribution in [1.82, 2.24) is 9.55 Å². The largest absolute Gasteiger partial charge is 0.486 e. The lowest BCUT2D eigenvalue weighted by Gasteiger charge is -2.09. The normalized spacial score (nSPS) is 11.5. The van der Waals surface area contributed by atoms with Gasteiger partial charge in [0.2, 0.25) is 10.0 Å². The van der Waals surface area contributed by atoms with Crippen LogP contribution in [0.25, 0.3) is 0 Å². The van der Waals surface area contributed by atoms with Crippen molar-refractivity contribution in [1.29, 1.82) is 0 Å². The molecule has 19 heavy (non-hydrogen) atoms. The average Bonchev–Trinajstić information content (AvgIpc) is 2.72. The van der Waals surface area contributed by atoms with E-state index in [2.05, 4.69) is 20.9 Å². The van der Waals surface area contributed by atoms with Gasteiger partial charge in [-0.15, -0.1) is 0 Å². The molecule has 2 rings (SSSR count). The van der Waals surface area contributed by atoms with Gasteiger partial charge in [-0.3, -0.25) is 0 Å². The molecule has 0 aliphatic heterocycles. The van der Waals surface area contributed by atoms with Crippen LogP contribution in [-0.2, 0) is 23.7 Å². The minimum absolute atomic E-state index is 0.0345. The summed E-state index contributed by atoms with van der Waals surface area (Å²) < 4.78 is 30.3. The zero-order valence-corrected chi connectivity index (χ0v) is 12.5. The maximum Gasteiger partial charge on any atom is 0.238 e. The molecule has 0 aliphatic carbocycles. The first-order valence-corrected chi connectivity index (χ1v) is 7.62. The fourth-order valence-electron chi connectivity index (χ4n) is 1.45. The van der Waals surface area contributed by atoms with Gasteiger partial charge in [0.25, 0.3) is 0 Å². The number of nitrogens with zero attached hydrogens (tertiary/aromatic N) is 2. The van der Waals surface area contributed by atoms with Crippen molar-refractivity contribution < 1.29 is 13.2 Å². The fourth-order valence-corrected chi connectivity index (χ4v) is 2.64. The first-order valence-electron chi connectivity index (χ1n) is 5.28. The Morgan fingerprint density at radius 3 is 2.74 bits per heavy atom. The van der Waals surface area contributed by atoms with E-state index in [4.69, 9.17) is 9.88 Å². The number of nitrogens with two attached hydrogens (primary N) is 1. The van der Waals surface area contributed by atoms with Gasteiger partial charge >= 0.3 is 0 Å². The van der Waals surface area contributed by atoms with E-state index in [-0.39, 0.29) is 4.90 Å². The van der Waals surface area contributed by atoms with Gasteiger partial charge in [0.1, 0.15) is 12.4 Å². The fraction of sp³-hybridized carbons (Fsp3) is 0.182. The second-order valence-electron chi connectivity index (χ2n) is 3.92. The van der Waals surface area contributed by atoms with E-state index in [1.54, 1.807) is 18.6 Å². The Morgan fingerprint density at radius 2 is 2.21 bits per heavy atom. The molecule has 0 bridgehead atoms. The van der Waals surface area contributed by atoms with Crippen LogP contribution in [0, 0.1) is 0 Å². The Labute approximate surface area is 119 Å². The molecular weight excluding hydrogens is 334 g/mol. The van der Waals surface area contributed by atoms with Gasteiger partial charge in [-0.25, -0.2) is 18.5 Å². The van der Waals surface area contributed by atoms with E-state index in [1.807, 2.05) is 11.6 Å². The van der Waals surface area contributed by atoms with Crippen LogP contribution < -0.4 is 9.88 Å². The number of primary sulfonamides is 1. The molecule has 0 spiro atoms. The van der Waals surface area contributed by atoms with Crippen molar-refractivity contribution in [3.63, 3.8) is 0 Å². The lowest BCUT2D eigenvalue weighted by atomic mass is 10.3. The molecule has 0 aliphatic rings. The number of aromatic nitrogens is 2. The van der Waals surface area contributed by atoms with Crippen LogP contribution in [-0.4, -0.2) is 18.0 Å². The van der Waals surface area contributed by atoms with Gasteiger partial charge in [0.05, 0.1) is 27.6 Å². The van der Waals surface area contributed by atoms with E-state index in [0.717, 1.165) is 5.69 Å². The average molecular weight is 346 g/mol. The van der Waals surface area contributed by atoms with Crippen molar-refractivity contribution in [3.8, 4) is 5.75 Å². The zero-order chi connectivity index (χ0) is 14.0. The predicted octanol–water partition coefficient (Wildman–Crippen LogP) is 1.41. The van der Waals surface area contributed by atoms with E-state index >= 15 is 0 Å². The molecule has 0 amide bonds. The second-order valence-corrected chi connectivity index (χ2v) is 6.34. The third-order valence-electron chi connectivity index (χ3n) is 2.52. The van der Waals surface area contributed by atoms with E-state index in [0.29, 0.717) is 16.8 Å². The van der Waals surface area contributed by atoms with Crippen LogP contribution >= 0.6 is 15.9 Å². The van der Waals surface area contributed by atoms with Crippen LogP contribution in [0.1, 0.15) is 5.69 Å². The van der Waals surface area contributed by atoms with Crippen LogP contribution in [0.5, 0.6) is 5.75 Å². The molecule has 0 saturated heterocycles. The van der Waals surface area contributed by atoms with Crippen molar-refractivity contribution in [2.75, 3.05) is 0 Å². The van der Waals surface area contributed by atoms with Crippen molar-refractivity contribution in [2.24, 2.45) is 12.2 Å². The van der Waals surface area contributed by atoms with Gasteiger partial charge < -0.3 is 9.30 Å². The number of imidazole rings is 1. The molecule has 1 aromatic heterocycles. The van der Waals surface area contributed by atoms with Crippen molar-refractivity contribution >= 4 is 26.0 Å². The van der Waals surface area contributed by atoms with Crippen LogP contribution in [0.3, 0.4) is 0 Å². The molecule has 0 fully saturated rings. The Balaban J connectivity index is 2.16. The summed E-state index contributed by atoms with van der Waals surface area (Å²) in [6.45, 7) is 0.337. The molecule has 0 atom stereocenters. The molecule has 0 unspecified atom stereocenters. The Morgan fingerprint density at radius 1 is 1.47 bits per heavy atom. The molecule has 6 nitrogen and oxygen atoms in total. The third kappa shape index (κ3) is 3.34. The van der Waals surface area contributed by atoms with E-state index in [1.165, 1.54) is 12.1 Å². The highest BCUT2D eigenvalue weighted by atomic mass is 79.9. The quantitative estimate of drug-likeness (QED) is 0.907. The second kappa shape index (κ2) is 5.32. The number of benzene rings is 1. The third-order valence-corrected chi connectivity index (χ3v) is 4.05. The van der Waals surface area contributed by atoms with Gasteiger partial charge in [-0.1, -0.05) is 0 Å². The predicted molar refractivity (Wildman–Crippen MR) is 73.1 cm³/mol. The number of aryl methyl sites for hydroxylation is 1. The smallest absolute Gasteiger partial charge is 0.238 e. The number of ether oxygens (including phenoxy) is 1. The first kappa shape index (κ1) is 14.0. The van der Waals surface area contributed by atoms with Crippen LogP contribution in [0.2, 0.25) is 0 Å². The summed E-state index contributed by atoms with van der Waals surface area (Å²) in [6.07, 6.45) is 3.38. The van der Waals surface area contributed by atoms with Gasteiger partial charge in [-0.05, 0) is 34.1 Å². The number of halogens is 1. The molecule has 102 valence electrons. The molecular formula is C11H12BrN3O3S. The summed E-state index contributed by atoms with van der Waals surface area (Å²) in [5.74, 6) is 0.536. The number of rotatable bonds is 4. The summed E-state index contributed by atoms with van der Waals surface area (Å²) >= 11 is 3.25. The molecule has 0 radical (unpaired) electrons. The first-order chi connectivity index (χ1) is 8.88. The Kier molecular flexibility index (Phi) is 3.93. The van der Waals surface area contributed by atoms with E-state index < -0.39 is 10.0 Å². The summed E-state index contributed by atoms with van der Waals surface area (Å²) in [4.78, 5) is 4.01. The van der Waals surface area contributed by atoms with Crippen LogP contribution in [0.15, 0.2) is 40.1 Å². The van der Waals surface area contributed by atoms with Crippen LogP contribution in [0.4, 0.5) is 0 Å². The van der Waals surface area contributed by atoms with Gasteiger partial charge in [0, 0.05) is 7.05 Å². The number of sulfonamides is 1. The standard InChI is InChI=1S/C11H12BrN3O3S/c1-15-7-14-5-8(15)6-18-11-3-2-9(4-10(11)12)19(13,16)17/h2-5,7H,6H2,1H3,(H2,13,16,17). The topological polar surface area (TPSA) is 87.2 Å². The summed E-state index contributed by atoms with van der Waals surface area (Å²) in [7, 11) is -1.84. The van der Waals surface area contributed by atoms with Gasteiger partial charge in [-0.2, -0.15) is 0 Å². The number of hydrogen-bond acceptors (Lipinski definition) is 4. The lowest BCUT2D eigenvalue weighted by molar-refractivity contribution is 0.295. The summed E-state index contributed by atoms with van der Waals surface area (Å²) in [5.41, 5.74) is 0.905. The van der Waals surface area contributed by atoms with Crippen molar-refractivity contribution in [2.45, 2.75) is 11.5 Å². The van der Waals surface area contributed by atoms with Gasteiger partial charge in [0.15, 0.2) is 0 Å². The molecule has 2 N–H and O–H groups in total. The highest BCUT2D eigenvalue weighted by Gasteiger charge is 2.11. The summed E-state index contributed by atoms with van der Waals surface area (Å²) in [6, 6.07) is 4.37. The minimum Gasteiger partial charge on any atom is -0.486 e.